The molecule has 0 aromatic heterocycles. The molecule has 1 aliphatic rings. The molecule has 0 radical (unpaired) electrons. The number of hydrogen-bond acceptors (Lipinski definition) is 4. The Morgan fingerprint density at radius 3 is 2.26 bits per heavy atom. The van der Waals surface area contributed by atoms with Crippen LogP contribution >= 0.6 is 0 Å². The molecule has 1 aliphatic heterocycles. The SMILES string of the molecule is CN1C(=O)c2c(O)c(C=O)c3ccccc3c2C1=O. The Morgan fingerprint density at radius 2 is 1.63 bits per heavy atom. The molecule has 94 valence electrons. The van der Waals surface area contributed by atoms with Crippen molar-refractivity contribution in [1.82, 2.24) is 4.90 Å². The number of amides is 2. The van der Waals surface area contributed by atoms with Crippen molar-refractivity contribution in [3.63, 3.8) is 0 Å². The summed E-state index contributed by atoms with van der Waals surface area (Å²) in [5.74, 6) is -1.48. The zero-order valence-corrected chi connectivity index (χ0v) is 10.0. The molecule has 0 aliphatic carbocycles. The van der Waals surface area contributed by atoms with E-state index in [2.05, 4.69) is 0 Å². The molecule has 2 aromatic carbocycles. The minimum Gasteiger partial charge on any atom is -0.506 e. The number of phenolic OH excluding ortho intramolecular Hbond substituents is 1. The monoisotopic (exact) mass is 255 g/mol. The van der Waals surface area contributed by atoms with Crippen molar-refractivity contribution in [2.24, 2.45) is 0 Å². The molecule has 5 nitrogen and oxygen atoms in total. The molecule has 1 N–H and O–H groups in total. The molecule has 0 saturated carbocycles. The van der Waals surface area contributed by atoms with Crippen LogP contribution in [0.15, 0.2) is 24.3 Å². The molecule has 2 amide bonds. The maximum absolute atomic E-state index is 12.1. The number of carbonyl (C=O) groups excluding carboxylic acids is 3. The summed E-state index contributed by atoms with van der Waals surface area (Å²) in [5.41, 5.74) is 0.102. The number of aldehydes is 1. The Bertz CT molecular complexity index is 764. The zero-order chi connectivity index (χ0) is 13.7. The minimum absolute atomic E-state index is 0.0331. The van der Waals surface area contributed by atoms with E-state index in [1.165, 1.54) is 7.05 Å². The predicted octanol–water partition coefficient (Wildman–Crippen LogP) is 1.58. The Balaban J connectivity index is 2.58. The van der Waals surface area contributed by atoms with Gasteiger partial charge >= 0.3 is 0 Å². The van der Waals surface area contributed by atoms with E-state index >= 15 is 0 Å². The fourth-order valence-corrected chi connectivity index (χ4v) is 2.43. The second-order valence-corrected chi connectivity index (χ2v) is 4.35. The third-order valence-corrected chi connectivity index (χ3v) is 3.38. The Kier molecular flexibility index (Phi) is 2.19. The van der Waals surface area contributed by atoms with Gasteiger partial charge < -0.3 is 5.11 Å². The number of rotatable bonds is 1. The summed E-state index contributed by atoms with van der Waals surface area (Å²) in [5, 5.41) is 11.0. The van der Waals surface area contributed by atoms with Gasteiger partial charge in [-0.2, -0.15) is 0 Å². The van der Waals surface area contributed by atoms with Crippen LogP contribution in [0.2, 0.25) is 0 Å². The molecule has 1 heterocycles. The van der Waals surface area contributed by atoms with Gasteiger partial charge in [-0.15, -0.1) is 0 Å². The molecule has 5 heteroatoms. The molecule has 0 unspecified atom stereocenters. The summed E-state index contributed by atoms with van der Waals surface area (Å²) >= 11 is 0. The largest absolute Gasteiger partial charge is 0.506 e. The number of fused-ring (bicyclic) bond motifs is 3. The van der Waals surface area contributed by atoms with Crippen LogP contribution in [0.4, 0.5) is 0 Å². The van der Waals surface area contributed by atoms with E-state index in [0.29, 0.717) is 17.1 Å². The number of carbonyl (C=O) groups is 3. The number of phenols is 1. The third-order valence-electron chi connectivity index (χ3n) is 3.38. The Morgan fingerprint density at radius 1 is 1.05 bits per heavy atom. The van der Waals surface area contributed by atoms with Gasteiger partial charge in [-0.25, -0.2) is 0 Å². The third kappa shape index (κ3) is 1.26. The van der Waals surface area contributed by atoms with Gasteiger partial charge in [-0.3, -0.25) is 19.3 Å². The maximum atomic E-state index is 12.1. The van der Waals surface area contributed by atoms with Crippen LogP contribution in [0.25, 0.3) is 10.8 Å². The minimum atomic E-state index is -0.591. The van der Waals surface area contributed by atoms with Crippen LogP contribution in [-0.2, 0) is 0 Å². The molecule has 0 fully saturated rings. The van der Waals surface area contributed by atoms with E-state index in [0.717, 1.165) is 4.90 Å². The second-order valence-electron chi connectivity index (χ2n) is 4.35. The van der Waals surface area contributed by atoms with Crippen molar-refractivity contribution in [2.45, 2.75) is 0 Å². The van der Waals surface area contributed by atoms with E-state index in [1.807, 2.05) is 0 Å². The van der Waals surface area contributed by atoms with Crippen LogP contribution in [0.1, 0.15) is 31.1 Å². The number of nitrogens with zero attached hydrogens (tertiary/aromatic N) is 1. The zero-order valence-electron chi connectivity index (χ0n) is 10.0. The molecule has 0 saturated heterocycles. The van der Waals surface area contributed by atoms with E-state index in [4.69, 9.17) is 0 Å². The lowest BCUT2D eigenvalue weighted by atomic mass is 9.95. The standard InChI is InChI=1S/C14H9NO4/c1-15-13(18)10-8-5-3-2-4-7(8)9(6-16)12(17)11(10)14(15)19/h2-6,17H,1H3. The summed E-state index contributed by atoms with van der Waals surface area (Å²) in [7, 11) is 1.35. The van der Waals surface area contributed by atoms with E-state index in [-0.39, 0.29) is 16.7 Å². The van der Waals surface area contributed by atoms with E-state index < -0.39 is 17.6 Å². The van der Waals surface area contributed by atoms with Gasteiger partial charge in [0.1, 0.15) is 5.75 Å². The summed E-state index contributed by atoms with van der Waals surface area (Å²) in [4.78, 5) is 36.1. The highest BCUT2D eigenvalue weighted by Crippen LogP contribution is 2.38. The van der Waals surface area contributed by atoms with Gasteiger partial charge in [0.2, 0.25) is 0 Å². The average molecular weight is 255 g/mol. The highest BCUT2D eigenvalue weighted by atomic mass is 16.3. The van der Waals surface area contributed by atoms with Crippen molar-refractivity contribution in [1.29, 1.82) is 0 Å². The maximum Gasteiger partial charge on any atom is 0.265 e. The number of hydrogen-bond donors (Lipinski definition) is 1. The summed E-state index contributed by atoms with van der Waals surface area (Å²) in [6.07, 6.45) is 0.494. The molecule has 0 bridgehead atoms. The molecular weight excluding hydrogens is 246 g/mol. The highest BCUT2D eigenvalue weighted by Gasteiger charge is 2.38. The van der Waals surface area contributed by atoms with Crippen molar-refractivity contribution < 1.29 is 19.5 Å². The van der Waals surface area contributed by atoms with Crippen LogP contribution < -0.4 is 0 Å². The fourth-order valence-electron chi connectivity index (χ4n) is 2.43. The molecule has 19 heavy (non-hydrogen) atoms. The summed E-state index contributed by atoms with van der Waals surface area (Å²) in [6.45, 7) is 0. The normalized spacial score (nSPS) is 14.1. The summed E-state index contributed by atoms with van der Waals surface area (Å²) in [6, 6.07) is 6.70. The quantitative estimate of drug-likeness (QED) is 0.620. The number of benzene rings is 2. The van der Waals surface area contributed by atoms with Crippen LogP contribution in [0.5, 0.6) is 5.75 Å². The highest BCUT2D eigenvalue weighted by molar-refractivity contribution is 6.29. The molecule has 2 aromatic rings. The topological polar surface area (TPSA) is 74.7 Å². The lowest BCUT2D eigenvalue weighted by Gasteiger charge is -2.08. The van der Waals surface area contributed by atoms with Crippen LogP contribution in [0, 0.1) is 0 Å². The first kappa shape index (κ1) is 11.4. The number of aromatic hydroxyl groups is 1. The Labute approximate surface area is 108 Å². The van der Waals surface area contributed by atoms with Gasteiger partial charge in [0, 0.05) is 7.05 Å². The molecule has 3 rings (SSSR count). The van der Waals surface area contributed by atoms with Crippen LogP contribution in [-0.4, -0.2) is 35.2 Å². The first-order chi connectivity index (χ1) is 9.07. The summed E-state index contributed by atoms with van der Waals surface area (Å²) < 4.78 is 0. The van der Waals surface area contributed by atoms with Gasteiger partial charge in [0.25, 0.3) is 11.8 Å². The van der Waals surface area contributed by atoms with E-state index in [9.17, 15) is 19.5 Å². The van der Waals surface area contributed by atoms with Crippen molar-refractivity contribution in [2.75, 3.05) is 7.05 Å². The van der Waals surface area contributed by atoms with Gasteiger partial charge in [-0.05, 0) is 10.8 Å². The van der Waals surface area contributed by atoms with Gasteiger partial charge in [-0.1, -0.05) is 24.3 Å². The fraction of sp³-hybridized carbons (Fsp3) is 0.0714. The first-order valence-electron chi connectivity index (χ1n) is 5.63. The number of imide groups is 1. The Hall–Kier alpha value is -2.69. The van der Waals surface area contributed by atoms with Crippen molar-refractivity contribution in [3.05, 3.63) is 41.0 Å². The molecule has 0 atom stereocenters. The van der Waals surface area contributed by atoms with Gasteiger partial charge in [0.05, 0.1) is 16.7 Å². The smallest absolute Gasteiger partial charge is 0.265 e. The van der Waals surface area contributed by atoms with Crippen LogP contribution in [0.3, 0.4) is 0 Å². The molecular formula is C14H9NO4. The van der Waals surface area contributed by atoms with Gasteiger partial charge in [0.15, 0.2) is 6.29 Å². The van der Waals surface area contributed by atoms with E-state index in [1.54, 1.807) is 24.3 Å². The predicted molar refractivity (Wildman–Crippen MR) is 67.4 cm³/mol. The second kappa shape index (κ2) is 3.65. The van der Waals surface area contributed by atoms with Crippen molar-refractivity contribution >= 4 is 28.9 Å². The lowest BCUT2D eigenvalue weighted by molar-refractivity contribution is 0.0693. The lowest BCUT2D eigenvalue weighted by Crippen LogP contribution is -2.24. The van der Waals surface area contributed by atoms with Crippen molar-refractivity contribution in [3.8, 4) is 5.75 Å². The first-order valence-corrected chi connectivity index (χ1v) is 5.63. The molecule has 0 spiro atoms. The average Bonchev–Trinajstić information content (AvgIpc) is 2.65.